The van der Waals surface area contributed by atoms with Crippen LogP contribution in [-0.4, -0.2) is 23.9 Å². The lowest BCUT2D eigenvalue weighted by Gasteiger charge is -2.30. The normalized spacial score (nSPS) is 24.1. The van der Waals surface area contributed by atoms with Crippen molar-refractivity contribution in [2.75, 3.05) is 0 Å². The lowest BCUT2D eigenvalue weighted by molar-refractivity contribution is -0.126. The number of thiophene rings is 1. The molecule has 0 radical (unpaired) electrons. The van der Waals surface area contributed by atoms with Gasteiger partial charge in [-0.25, -0.2) is 0 Å². The van der Waals surface area contributed by atoms with Crippen LogP contribution in [0.4, 0.5) is 0 Å². The molecule has 2 fully saturated rings. The molecule has 1 unspecified atom stereocenters. The van der Waals surface area contributed by atoms with Crippen LogP contribution in [0.25, 0.3) is 0 Å². The number of hydrogen-bond donors (Lipinski definition) is 2. The van der Waals surface area contributed by atoms with Crippen LogP contribution in [0.1, 0.15) is 92.6 Å². The molecular formula is C23H36N2O2S. The second kappa shape index (κ2) is 10.4. The van der Waals surface area contributed by atoms with Crippen molar-refractivity contribution < 1.29 is 9.59 Å². The standard InChI is InChI=1S/C23H36N2O2S/c1-3-6-20-13-14-21(28-20)23(27)25-19-11-9-18(10-12-19)24-22(26)16(2)15-17-7-4-5-8-17/h13-14,16-19H,3-12,15H2,1-2H3,(H,24,26)(H,25,27). The third-order valence-corrected chi connectivity index (χ3v) is 7.54. The van der Waals surface area contributed by atoms with Gasteiger partial charge in [-0.15, -0.1) is 11.3 Å². The second-order valence-electron chi connectivity index (χ2n) is 8.83. The third-order valence-electron chi connectivity index (χ3n) is 6.40. The number of amides is 2. The first-order chi connectivity index (χ1) is 13.5. The largest absolute Gasteiger partial charge is 0.353 e. The molecule has 2 saturated carbocycles. The predicted molar refractivity (Wildman–Crippen MR) is 116 cm³/mol. The molecule has 156 valence electrons. The summed E-state index contributed by atoms with van der Waals surface area (Å²) in [6, 6.07) is 4.52. The summed E-state index contributed by atoms with van der Waals surface area (Å²) < 4.78 is 0. The topological polar surface area (TPSA) is 58.2 Å². The number of carbonyl (C=O) groups excluding carboxylic acids is 2. The molecule has 2 aliphatic carbocycles. The van der Waals surface area contributed by atoms with Gasteiger partial charge in [0.05, 0.1) is 4.88 Å². The maximum absolute atomic E-state index is 12.5. The van der Waals surface area contributed by atoms with Crippen molar-refractivity contribution in [3.8, 4) is 0 Å². The zero-order chi connectivity index (χ0) is 19.9. The Morgan fingerprint density at radius 1 is 1.04 bits per heavy atom. The average molecular weight is 405 g/mol. The van der Waals surface area contributed by atoms with Gasteiger partial charge < -0.3 is 10.6 Å². The van der Waals surface area contributed by atoms with Crippen LogP contribution in [-0.2, 0) is 11.2 Å². The van der Waals surface area contributed by atoms with Crippen LogP contribution in [0.3, 0.4) is 0 Å². The van der Waals surface area contributed by atoms with Gasteiger partial charge in [-0.2, -0.15) is 0 Å². The third kappa shape index (κ3) is 6.07. The Hall–Kier alpha value is -1.36. The van der Waals surface area contributed by atoms with Gasteiger partial charge in [0, 0.05) is 22.9 Å². The van der Waals surface area contributed by atoms with Gasteiger partial charge in [0.2, 0.25) is 5.91 Å². The number of aryl methyl sites for hydroxylation is 1. The minimum atomic E-state index is 0.0602. The highest BCUT2D eigenvalue weighted by molar-refractivity contribution is 7.14. The van der Waals surface area contributed by atoms with Crippen molar-refractivity contribution >= 4 is 23.2 Å². The summed E-state index contributed by atoms with van der Waals surface area (Å²) in [5.74, 6) is 1.16. The first-order valence-corrected chi connectivity index (χ1v) is 12.1. The summed E-state index contributed by atoms with van der Waals surface area (Å²) in [4.78, 5) is 27.1. The first-order valence-electron chi connectivity index (χ1n) is 11.2. The molecule has 0 aromatic carbocycles. The van der Waals surface area contributed by atoms with Gasteiger partial charge in [0.15, 0.2) is 0 Å². The highest BCUT2D eigenvalue weighted by Crippen LogP contribution is 2.30. The van der Waals surface area contributed by atoms with E-state index in [9.17, 15) is 9.59 Å². The molecule has 1 aromatic rings. The van der Waals surface area contributed by atoms with E-state index in [2.05, 4.69) is 30.5 Å². The van der Waals surface area contributed by atoms with Crippen LogP contribution in [0, 0.1) is 11.8 Å². The van der Waals surface area contributed by atoms with Gasteiger partial charge in [-0.1, -0.05) is 46.0 Å². The lowest BCUT2D eigenvalue weighted by Crippen LogP contribution is -2.45. The van der Waals surface area contributed by atoms with Crippen molar-refractivity contribution in [1.82, 2.24) is 10.6 Å². The number of hydrogen-bond acceptors (Lipinski definition) is 3. The lowest BCUT2D eigenvalue weighted by atomic mass is 9.89. The summed E-state index contributed by atoms with van der Waals surface area (Å²) in [6.45, 7) is 4.24. The van der Waals surface area contributed by atoms with E-state index >= 15 is 0 Å². The molecule has 5 heteroatoms. The number of rotatable bonds is 8. The Balaban J connectivity index is 1.37. The zero-order valence-electron chi connectivity index (χ0n) is 17.5. The molecule has 2 aliphatic rings. The predicted octanol–water partition coefficient (Wildman–Crippen LogP) is 5.07. The fourth-order valence-corrected chi connectivity index (χ4v) is 5.73. The van der Waals surface area contributed by atoms with Gasteiger partial charge in [-0.3, -0.25) is 9.59 Å². The monoisotopic (exact) mass is 404 g/mol. The average Bonchev–Trinajstić information content (AvgIpc) is 3.35. The van der Waals surface area contributed by atoms with E-state index in [4.69, 9.17) is 0 Å². The van der Waals surface area contributed by atoms with E-state index in [0.717, 1.165) is 55.7 Å². The molecule has 0 aliphatic heterocycles. The van der Waals surface area contributed by atoms with Gasteiger partial charge in [0.25, 0.3) is 5.91 Å². The van der Waals surface area contributed by atoms with E-state index < -0.39 is 0 Å². The Bertz CT molecular complexity index is 643. The van der Waals surface area contributed by atoms with Crippen LogP contribution in [0.2, 0.25) is 0 Å². The molecular weight excluding hydrogens is 368 g/mol. The molecule has 1 heterocycles. The van der Waals surface area contributed by atoms with Crippen molar-refractivity contribution in [3.63, 3.8) is 0 Å². The first kappa shape index (κ1) is 21.4. The van der Waals surface area contributed by atoms with E-state index in [0.29, 0.717) is 0 Å². The van der Waals surface area contributed by atoms with Crippen LogP contribution in [0.5, 0.6) is 0 Å². The molecule has 0 saturated heterocycles. The van der Waals surface area contributed by atoms with E-state index in [1.807, 2.05) is 6.07 Å². The smallest absolute Gasteiger partial charge is 0.261 e. The molecule has 1 atom stereocenters. The van der Waals surface area contributed by atoms with E-state index in [1.54, 1.807) is 11.3 Å². The fourth-order valence-electron chi connectivity index (χ4n) is 4.72. The molecule has 3 rings (SSSR count). The fraction of sp³-hybridized carbons (Fsp3) is 0.739. The highest BCUT2D eigenvalue weighted by Gasteiger charge is 2.27. The minimum absolute atomic E-state index is 0.0602. The Labute approximate surface area is 173 Å². The summed E-state index contributed by atoms with van der Waals surface area (Å²) >= 11 is 1.61. The summed E-state index contributed by atoms with van der Waals surface area (Å²) in [5.41, 5.74) is 0. The SMILES string of the molecule is CCCc1ccc(C(=O)NC2CCC(NC(=O)C(C)CC3CCCC3)CC2)s1. The second-order valence-corrected chi connectivity index (χ2v) is 10.0. The van der Waals surface area contributed by atoms with Gasteiger partial charge in [-0.05, 0) is 56.6 Å². The van der Waals surface area contributed by atoms with Crippen LogP contribution >= 0.6 is 11.3 Å². The molecule has 4 nitrogen and oxygen atoms in total. The minimum Gasteiger partial charge on any atom is -0.353 e. The van der Waals surface area contributed by atoms with E-state index in [-0.39, 0.29) is 29.8 Å². The maximum atomic E-state index is 12.5. The summed E-state index contributed by atoms with van der Waals surface area (Å²) in [6.07, 6.45) is 12.3. The van der Waals surface area contributed by atoms with Crippen LogP contribution < -0.4 is 10.6 Å². The Kier molecular flexibility index (Phi) is 7.95. The molecule has 2 N–H and O–H groups in total. The Morgan fingerprint density at radius 2 is 1.68 bits per heavy atom. The summed E-state index contributed by atoms with van der Waals surface area (Å²) in [5, 5.41) is 6.46. The van der Waals surface area contributed by atoms with Crippen molar-refractivity contribution in [3.05, 3.63) is 21.9 Å². The molecule has 2 amide bonds. The molecule has 28 heavy (non-hydrogen) atoms. The molecule has 0 spiro atoms. The molecule has 0 bridgehead atoms. The van der Waals surface area contributed by atoms with Gasteiger partial charge in [0.1, 0.15) is 0 Å². The van der Waals surface area contributed by atoms with Crippen LogP contribution in [0.15, 0.2) is 12.1 Å². The quantitative estimate of drug-likeness (QED) is 0.635. The summed E-state index contributed by atoms with van der Waals surface area (Å²) in [7, 11) is 0. The number of nitrogens with one attached hydrogen (secondary N) is 2. The molecule has 1 aromatic heterocycles. The Morgan fingerprint density at radius 3 is 2.32 bits per heavy atom. The van der Waals surface area contributed by atoms with E-state index in [1.165, 1.54) is 30.6 Å². The van der Waals surface area contributed by atoms with Gasteiger partial charge >= 0.3 is 0 Å². The number of carbonyl (C=O) groups is 2. The maximum Gasteiger partial charge on any atom is 0.261 e. The van der Waals surface area contributed by atoms with Crippen molar-refractivity contribution in [2.24, 2.45) is 11.8 Å². The van der Waals surface area contributed by atoms with Crippen molar-refractivity contribution in [2.45, 2.75) is 96.6 Å². The highest BCUT2D eigenvalue weighted by atomic mass is 32.1. The van der Waals surface area contributed by atoms with Crippen molar-refractivity contribution in [1.29, 1.82) is 0 Å². The zero-order valence-corrected chi connectivity index (χ0v) is 18.3.